The van der Waals surface area contributed by atoms with Crippen LogP contribution in [-0.2, 0) is 11.2 Å². The van der Waals surface area contributed by atoms with E-state index in [1.54, 1.807) is 0 Å². The van der Waals surface area contributed by atoms with Crippen molar-refractivity contribution in [3.8, 4) is 0 Å². The van der Waals surface area contributed by atoms with Gasteiger partial charge >= 0.3 is 5.82 Å². The molecule has 0 N–H and O–H groups in total. The van der Waals surface area contributed by atoms with Gasteiger partial charge < -0.3 is 0 Å². The van der Waals surface area contributed by atoms with Crippen molar-refractivity contribution in [3.05, 3.63) is 23.4 Å². The molecule has 1 saturated carbocycles. The van der Waals surface area contributed by atoms with E-state index in [0.717, 1.165) is 30.6 Å². The number of nitrogens with zero attached hydrogens (tertiary/aromatic N) is 2. The molecule has 0 amide bonds. The van der Waals surface area contributed by atoms with Crippen LogP contribution in [0.4, 0.5) is 5.82 Å². The highest BCUT2D eigenvalue weighted by Gasteiger charge is 2.36. The molecule has 0 spiro atoms. The zero-order valence-electron chi connectivity index (χ0n) is 13.1. The van der Waals surface area contributed by atoms with E-state index in [9.17, 15) is 4.79 Å². The number of rotatable bonds is 3. The highest BCUT2D eigenvalue weighted by Crippen LogP contribution is 2.36. The second kappa shape index (κ2) is 6.08. The molecule has 3 nitrogen and oxygen atoms in total. The fraction of sp³-hybridized carbons (Fsp3) is 0.611. The number of carbonyl (C=O) groups excluding carboxylic acids is 1. The minimum Gasteiger partial charge on any atom is -0.299 e. The van der Waals surface area contributed by atoms with Crippen LogP contribution in [0.25, 0.3) is 0 Å². The summed E-state index contributed by atoms with van der Waals surface area (Å²) in [4.78, 5) is 16.2. The summed E-state index contributed by atoms with van der Waals surface area (Å²) in [6, 6.07) is 4.24. The van der Waals surface area contributed by atoms with Crippen LogP contribution in [-0.4, -0.2) is 28.1 Å². The van der Waals surface area contributed by atoms with Gasteiger partial charge in [0.25, 0.3) is 0 Å². The quantitative estimate of drug-likeness (QED) is 0.629. The number of hydrogen-bond donors (Lipinski definition) is 0. The molecule has 0 saturated heterocycles. The van der Waals surface area contributed by atoms with Gasteiger partial charge in [-0.3, -0.25) is 4.79 Å². The van der Waals surface area contributed by atoms with Gasteiger partial charge in [0.2, 0.25) is 0 Å². The number of aryl methyl sites for hydroxylation is 2. The van der Waals surface area contributed by atoms with Crippen LogP contribution < -0.4 is 0 Å². The number of pyridine rings is 1. The number of aromatic nitrogens is 1. The fourth-order valence-corrected chi connectivity index (χ4v) is 3.89. The lowest BCUT2D eigenvalue weighted by Crippen LogP contribution is -2.39. The standard InChI is InChI=1S/C18H25N2O/c1-3-14-8-13(2)19-18(9-14)20-11-16-7-5-4-6-15(16)10-17(20)12-21/h8-9,11-12,15-17H,3-7,10H2,1-2H3/q+1/t15-,16?,17-/m0/s1. The zero-order valence-corrected chi connectivity index (χ0v) is 13.1. The monoisotopic (exact) mass is 285 g/mol. The normalized spacial score (nSPS) is 28.7. The molecule has 1 aromatic heterocycles. The Hall–Kier alpha value is -1.51. The van der Waals surface area contributed by atoms with Crippen molar-refractivity contribution >= 4 is 18.3 Å². The summed E-state index contributed by atoms with van der Waals surface area (Å²) < 4.78 is 2.14. The minimum atomic E-state index is -0.0386. The Balaban J connectivity index is 1.99. The fourth-order valence-electron chi connectivity index (χ4n) is 3.89. The van der Waals surface area contributed by atoms with Crippen molar-refractivity contribution in [3.63, 3.8) is 0 Å². The van der Waals surface area contributed by atoms with Crippen molar-refractivity contribution in [2.45, 2.75) is 58.4 Å². The average Bonchev–Trinajstić information content (AvgIpc) is 2.52. The number of fused-ring (bicyclic) bond motifs is 1. The van der Waals surface area contributed by atoms with Crippen LogP contribution in [0.5, 0.6) is 0 Å². The maximum Gasteiger partial charge on any atom is 0.323 e. The Bertz CT molecular complexity index is 564. The van der Waals surface area contributed by atoms with E-state index in [0.29, 0.717) is 11.8 Å². The summed E-state index contributed by atoms with van der Waals surface area (Å²) in [5.74, 6) is 2.27. The second-order valence-corrected chi connectivity index (χ2v) is 6.53. The molecule has 2 aliphatic rings. The number of carbonyl (C=O) groups is 1. The second-order valence-electron chi connectivity index (χ2n) is 6.53. The van der Waals surface area contributed by atoms with Gasteiger partial charge in [-0.1, -0.05) is 19.8 Å². The van der Waals surface area contributed by atoms with Gasteiger partial charge in [0.1, 0.15) is 5.69 Å². The number of hydrogen-bond acceptors (Lipinski definition) is 2. The third-order valence-electron chi connectivity index (χ3n) is 5.05. The summed E-state index contributed by atoms with van der Waals surface area (Å²) in [6.45, 7) is 4.19. The molecule has 0 aromatic carbocycles. The number of aldehydes is 1. The summed E-state index contributed by atoms with van der Waals surface area (Å²) in [7, 11) is 0. The lowest BCUT2D eigenvalue weighted by molar-refractivity contribution is -0.478. The molecule has 1 aliphatic carbocycles. The molecule has 1 fully saturated rings. The molecule has 21 heavy (non-hydrogen) atoms. The molecule has 0 bridgehead atoms. The van der Waals surface area contributed by atoms with E-state index in [1.165, 1.54) is 31.2 Å². The first kappa shape index (κ1) is 14.4. The van der Waals surface area contributed by atoms with Gasteiger partial charge in [0, 0.05) is 18.9 Å². The van der Waals surface area contributed by atoms with Crippen LogP contribution in [0.1, 0.15) is 50.3 Å². The Labute approximate surface area is 127 Å². The van der Waals surface area contributed by atoms with E-state index in [4.69, 9.17) is 0 Å². The molecular weight excluding hydrogens is 260 g/mol. The predicted molar refractivity (Wildman–Crippen MR) is 84.3 cm³/mol. The van der Waals surface area contributed by atoms with E-state index in [-0.39, 0.29) is 6.04 Å². The summed E-state index contributed by atoms with van der Waals surface area (Å²) in [6.07, 6.45) is 10.6. The van der Waals surface area contributed by atoms with Gasteiger partial charge in [0.05, 0.1) is 6.21 Å². The molecule has 3 atom stereocenters. The Kier molecular flexibility index (Phi) is 4.18. The Morgan fingerprint density at radius 3 is 2.90 bits per heavy atom. The smallest absolute Gasteiger partial charge is 0.299 e. The van der Waals surface area contributed by atoms with Gasteiger partial charge in [0.15, 0.2) is 12.3 Å². The van der Waals surface area contributed by atoms with Crippen LogP contribution >= 0.6 is 0 Å². The summed E-state index contributed by atoms with van der Waals surface area (Å²) >= 11 is 0. The molecule has 1 unspecified atom stereocenters. The van der Waals surface area contributed by atoms with Gasteiger partial charge in [-0.05, 0) is 48.2 Å². The lowest BCUT2D eigenvalue weighted by atomic mass is 9.75. The molecular formula is C18H25N2O+. The molecule has 1 aliphatic heterocycles. The predicted octanol–water partition coefficient (Wildman–Crippen LogP) is 3.44. The molecule has 3 rings (SSSR count). The van der Waals surface area contributed by atoms with E-state index in [2.05, 4.69) is 34.8 Å². The topological polar surface area (TPSA) is 33.0 Å². The highest BCUT2D eigenvalue weighted by molar-refractivity contribution is 5.64. The largest absolute Gasteiger partial charge is 0.323 e. The maximum absolute atomic E-state index is 11.6. The first-order valence-corrected chi connectivity index (χ1v) is 8.27. The first-order chi connectivity index (χ1) is 10.2. The molecule has 1 aromatic rings. The average molecular weight is 285 g/mol. The third kappa shape index (κ3) is 2.92. The molecule has 2 heterocycles. The Morgan fingerprint density at radius 2 is 2.14 bits per heavy atom. The van der Waals surface area contributed by atoms with Crippen molar-refractivity contribution in [1.29, 1.82) is 0 Å². The van der Waals surface area contributed by atoms with E-state index in [1.807, 2.05) is 6.92 Å². The van der Waals surface area contributed by atoms with Gasteiger partial charge in [-0.15, -0.1) is 0 Å². The maximum atomic E-state index is 11.6. The van der Waals surface area contributed by atoms with Gasteiger partial charge in [-0.25, -0.2) is 4.58 Å². The summed E-state index contributed by atoms with van der Waals surface area (Å²) in [5, 5.41) is 0. The third-order valence-corrected chi connectivity index (χ3v) is 5.05. The molecule has 0 radical (unpaired) electrons. The van der Waals surface area contributed by atoms with Crippen LogP contribution in [0.15, 0.2) is 12.1 Å². The zero-order chi connectivity index (χ0) is 14.8. The molecule has 3 heteroatoms. The van der Waals surface area contributed by atoms with Crippen LogP contribution in [0.2, 0.25) is 0 Å². The first-order valence-electron chi connectivity index (χ1n) is 8.27. The van der Waals surface area contributed by atoms with E-state index >= 15 is 0 Å². The lowest BCUT2D eigenvalue weighted by Gasteiger charge is -2.34. The van der Waals surface area contributed by atoms with Crippen molar-refractivity contribution < 1.29 is 9.37 Å². The van der Waals surface area contributed by atoms with Gasteiger partial charge in [-0.2, -0.15) is 0 Å². The van der Waals surface area contributed by atoms with Crippen molar-refractivity contribution in [2.75, 3.05) is 0 Å². The van der Waals surface area contributed by atoms with Crippen LogP contribution in [0.3, 0.4) is 0 Å². The minimum absolute atomic E-state index is 0.0386. The van der Waals surface area contributed by atoms with E-state index < -0.39 is 0 Å². The highest BCUT2D eigenvalue weighted by atomic mass is 16.1. The Morgan fingerprint density at radius 1 is 1.33 bits per heavy atom. The van der Waals surface area contributed by atoms with Crippen molar-refractivity contribution in [1.82, 2.24) is 4.98 Å². The SMILES string of the molecule is CCc1cc(C)nc([N+]2=CC3CCCC[C@H]3C[C@H]2C=O)c1. The summed E-state index contributed by atoms with van der Waals surface area (Å²) in [5.41, 5.74) is 2.33. The van der Waals surface area contributed by atoms with Crippen molar-refractivity contribution in [2.24, 2.45) is 11.8 Å². The molecule has 112 valence electrons. The van der Waals surface area contributed by atoms with Crippen LogP contribution in [0, 0.1) is 18.8 Å².